The Morgan fingerprint density at radius 1 is 1.22 bits per heavy atom. The molecule has 2 rings (SSSR count). The molecule has 1 aliphatic rings. The van der Waals surface area contributed by atoms with Crippen molar-refractivity contribution in [1.29, 1.82) is 0 Å². The van der Waals surface area contributed by atoms with Gasteiger partial charge in [0.1, 0.15) is 6.61 Å². The van der Waals surface area contributed by atoms with E-state index in [1.807, 2.05) is 27.7 Å². The van der Waals surface area contributed by atoms with Crippen LogP contribution in [0.25, 0.3) is 0 Å². The second-order valence-electron chi connectivity index (χ2n) is 6.87. The zero-order chi connectivity index (χ0) is 17.4. The number of hydrogen-bond donors (Lipinski definition) is 0. The molecular formula is C18H21F3O2. The van der Waals surface area contributed by atoms with Crippen LogP contribution < -0.4 is 0 Å². The second-order valence-corrected chi connectivity index (χ2v) is 6.87. The lowest BCUT2D eigenvalue weighted by Crippen LogP contribution is -2.11. The smallest absolute Gasteiger partial charge is 0.416 e. The highest BCUT2D eigenvalue weighted by Gasteiger charge is 2.61. The predicted molar refractivity (Wildman–Crippen MR) is 81.4 cm³/mol. The number of allylic oxidation sites excluding steroid dienone is 2. The van der Waals surface area contributed by atoms with Gasteiger partial charge in [-0.25, -0.2) is 0 Å². The Balaban J connectivity index is 1.94. The summed E-state index contributed by atoms with van der Waals surface area (Å²) in [6.45, 7) is 7.99. The van der Waals surface area contributed by atoms with Crippen molar-refractivity contribution in [2.75, 3.05) is 0 Å². The van der Waals surface area contributed by atoms with E-state index in [1.165, 1.54) is 12.1 Å². The van der Waals surface area contributed by atoms with Crippen LogP contribution in [0.2, 0.25) is 0 Å². The first-order chi connectivity index (χ1) is 10.5. The Hall–Kier alpha value is -1.78. The third-order valence-corrected chi connectivity index (χ3v) is 4.34. The highest BCUT2D eigenvalue weighted by atomic mass is 19.4. The minimum absolute atomic E-state index is 0.00884. The quantitative estimate of drug-likeness (QED) is 0.576. The Labute approximate surface area is 134 Å². The van der Waals surface area contributed by atoms with E-state index in [0.717, 1.165) is 17.7 Å². The minimum atomic E-state index is -4.36. The molecule has 2 atom stereocenters. The molecule has 0 aromatic heterocycles. The largest absolute Gasteiger partial charge is 0.461 e. The van der Waals surface area contributed by atoms with Gasteiger partial charge in [0.2, 0.25) is 0 Å². The lowest BCUT2D eigenvalue weighted by molar-refractivity contribution is -0.147. The van der Waals surface area contributed by atoms with Gasteiger partial charge >= 0.3 is 12.1 Å². The molecule has 0 heterocycles. The number of hydrogen-bond acceptors (Lipinski definition) is 2. The maximum Gasteiger partial charge on any atom is 0.416 e. The third kappa shape index (κ3) is 3.95. The van der Waals surface area contributed by atoms with Crippen LogP contribution in [0.3, 0.4) is 0 Å². The number of alkyl halides is 3. The summed E-state index contributed by atoms with van der Waals surface area (Å²) < 4.78 is 42.7. The average Bonchev–Trinajstić information content (AvgIpc) is 2.96. The standard InChI is InChI=1S/C18H21F3O2/c1-11(2)9-14-15(17(14,3)4)16(22)23-10-12-5-7-13(8-6-12)18(19,20)21/h5-9,14-15H,10H2,1-4H3. The molecule has 0 aliphatic heterocycles. The fourth-order valence-electron chi connectivity index (χ4n) is 2.83. The summed E-state index contributed by atoms with van der Waals surface area (Å²) in [7, 11) is 0. The predicted octanol–water partition coefficient (Wildman–Crippen LogP) is 4.99. The summed E-state index contributed by atoms with van der Waals surface area (Å²) in [5.74, 6) is -0.322. The van der Waals surface area contributed by atoms with Crippen LogP contribution in [-0.4, -0.2) is 5.97 Å². The fourth-order valence-corrected chi connectivity index (χ4v) is 2.83. The molecule has 5 heteroatoms. The van der Waals surface area contributed by atoms with Crippen molar-refractivity contribution in [2.24, 2.45) is 17.3 Å². The maximum absolute atomic E-state index is 12.5. The lowest BCUT2D eigenvalue weighted by Gasteiger charge is -2.09. The van der Waals surface area contributed by atoms with Crippen LogP contribution in [0, 0.1) is 17.3 Å². The van der Waals surface area contributed by atoms with Gasteiger partial charge in [-0.15, -0.1) is 0 Å². The zero-order valence-electron chi connectivity index (χ0n) is 13.7. The summed E-state index contributed by atoms with van der Waals surface area (Å²) in [6.07, 6.45) is -2.28. The van der Waals surface area contributed by atoms with E-state index < -0.39 is 11.7 Å². The van der Waals surface area contributed by atoms with E-state index in [-0.39, 0.29) is 29.8 Å². The number of rotatable bonds is 4. The van der Waals surface area contributed by atoms with E-state index >= 15 is 0 Å². The molecular weight excluding hydrogens is 305 g/mol. The molecule has 0 spiro atoms. The van der Waals surface area contributed by atoms with Gasteiger partial charge in [-0.3, -0.25) is 4.79 Å². The average molecular weight is 326 g/mol. The normalized spacial score (nSPS) is 22.4. The second kappa shape index (κ2) is 6.02. The summed E-state index contributed by atoms with van der Waals surface area (Å²) in [4.78, 5) is 12.2. The molecule has 1 fully saturated rings. The van der Waals surface area contributed by atoms with Crippen molar-refractivity contribution in [1.82, 2.24) is 0 Å². The molecule has 0 radical (unpaired) electrons. The van der Waals surface area contributed by atoms with E-state index in [9.17, 15) is 18.0 Å². The topological polar surface area (TPSA) is 26.3 Å². The Morgan fingerprint density at radius 3 is 2.26 bits per heavy atom. The number of esters is 1. The highest BCUT2D eigenvalue weighted by molar-refractivity contribution is 5.78. The van der Waals surface area contributed by atoms with E-state index in [4.69, 9.17) is 4.74 Å². The molecule has 1 aromatic carbocycles. The minimum Gasteiger partial charge on any atom is -0.461 e. The number of carbonyl (C=O) groups is 1. The molecule has 2 nitrogen and oxygen atoms in total. The number of halogens is 3. The third-order valence-electron chi connectivity index (χ3n) is 4.34. The molecule has 1 saturated carbocycles. The zero-order valence-corrected chi connectivity index (χ0v) is 13.7. The van der Waals surface area contributed by atoms with Gasteiger partial charge in [-0.05, 0) is 42.9 Å². The molecule has 0 bridgehead atoms. The fraction of sp³-hybridized carbons (Fsp3) is 0.500. The van der Waals surface area contributed by atoms with E-state index in [1.54, 1.807) is 0 Å². The monoisotopic (exact) mass is 326 g/mol. The Kier molecular flexibility index (Phi) is 4.60. The van der Waals surface area contributed by atoms with Crippen LogP contribution in [0.4, 0.5) is 13.2 Å². The number of carbonyl (C=O) groups excluding carboxylic acids is 1. The summed E-state index contributed by atoms with van der Waals surface area (Å²) in [6, 6.07) is 4.66. The lowest BCUT2D eigenvalue weighted by atomic mass is 10.1. The molecule has 2 unspecified atom stereocenters. The summed E-state index contributed by atoms with van der Waals surface area (Å²) >= 11 is 0. The summed E-state index contributed by atoms with van der Waals surface area (Å²) in [5.41, 5.74) is 0.860. The van der Waals surface area contributed by atoms with Crippen molar-refractivity contribution in [3.63, 3.8) is 0 Å². The van der Waals surface area contributed by atoms with Gasteiger partial charge in [0, 0.05) is 0 Å². The van der Waals surface area contributed by atoms with Gasteiger partial charge in [0.15, 0.2) is 0 Å². The van der Waals surface area contributed by atoms with Crippen LogP contribution >= 0.6 is 0 Å². The molecule has 1 aliphatic carbocycles. The summed E-state index contributed by atoms with van der Waals surface area (Å²) in [5, 5.41) is 0. The van der Waals surface area contributed by atoms with Gasteiger partial charge in [-0.2, -0.15) is 13.2 Å². The number of benzene rings is 1. The SMILES string of the molecule is CC(C)=CC1C(C(=O)OCc2ccc(C(F)(F)F)cc2)C1(C)C. The first-order valence-corrected chi connectivity index (χ1v) is 7.51. The molecule has 126 valence electrons. The van der Waals surface area contributed by atoms with Crippen LogP contribution in [-0.2, 0) is 22.3 Å². The van der Waals surface area contributed by atoms with Crippen LogP contribution in [0.15, 0.2) is 35.9 Å². The van der Waals surface area contributed by atoms with Crippen molar-refractivity contribution in [3.05, 3.63) is 47.0 Å². The maximum atomic E-state index is 12.5. The van der Waals surface area contributed by atoms with Crippen LogP contribution in [0.5, 0.6) is 0 Å². The molecule has 0 saturated heterocycles. The Morgan fingerprint density at radius 2 is 1.78 bits per heavy atom. The highest BCUT2D eigenvalue weighted by Crippen LogP contribution is 2.59. The number of ether oxygens (including phenoxy) is 1. The van der Waals surface area contributed by atoms with Crippen molar-refractivity contribution in [2.45, 2.75) is 40.5 Å². The van der Waals surface area contributed by atoms with Crippen molar-refractivity contribution >= 4 is 5.97 Å². The van der Waals surface area contributed by atoms with Crippen molar-refractivity contribution < 1.29 is 22.7 Å². The van der Waals surface area contributed by atoms with Gasteiger partial charge in [0.25, 0.3) is 0 Å². The van der Waals surface area contributed by atoms with Crippen molar-refractivity contribution in [3.8, 4) is 0 Å². The van der Waals surface area contributed by atoms with Crippen LogP contribution in [0.1, 0.15) is 38.8 Å². The molecule has 23 heavy (non-hydrogen) atoms. The van der Waals surface area contributed by atoms with E-state index in [0.29, 0.717) is 5.56 Å². The first-order valence-electron chi connectivity index (χ1n) is 7.51. The van der Waals surface area contributed by atoms with Gasteiger partial charge in [-0.1, -0.05) is 37.6 Å². The van der Waals surface area contributed by atoms with Gasteiger partial charge in [0.05, 0.1) is 11.5 Å². The Bertz CT molecular complexity index is 608. The molecule has 0 N–H and O–H groups in total. The van der Waals surface area contributed by atoms with E-state index in [2.05, 4.69) is 6.08 Å². The molecule has 0 amide bonds. The van der Waals surface area contributed by atoms with Gasteiger partial charge < -0.3 is 4.74 Å². The first kappa shape index (κ1) is 17.6. The molecule has 1 aromatic rings.